The van der Waals surface area contributed by atoms with E-state index in [1.54, 1.807) is 4.90 Å². The summed E-state index contributed by atoms with van der Waals surface area (Å²) < 4.78 is 0. The smallest absolute Gasteiger partial charge is 0.320 e. The van der Waals surface area contributed by atoms with Gasteiger partial charge in [-0.2, -0.15) is 0 Å². The van der Waals surface area contributed by atoms with E-state index in [0.717, 1.165) is 12.8 Å². The first kappa shape index (κ1) is 14.8. The maximum Gasteiger partial charge on any atom is 0.320 e. The third kappa shape index (κ3) is 3.37. The summed E-state index contributed by atoms with van der Waals surface area (Å²) in [6, 6.07) is 0.186. The van der Waals surface area contributed by atoms with E-state index >= 15 is 0 Å². The molecule has 5 nitrogen and oxygen atoms in total. The fraction of sp³-hybridized carbons (Fsp3) is 0.846. The third-order valence-corrected chi connectivity index (χ3v) is 3.75. The van der Waals surface area contributed by atoms with E-state index in [4.69, 9.17) is 5.11 Å². The zero-order valence-corrected chi connectivity index (χ0v) is 11.6. The van der Waals surface area contributed by atoms with Gasteiger partial charge in [0, 0.05) is 25.7 Å². The summed E-state index contributed by atoms with van der Waals surface area (Å²) in [5.74, 6) is -1.20. The van der Waals surface area contributed by atoms with Crippen LogP contribution in [-0.4, -0.2) is 52.6 Å². The van der Waals surface area contributed by atoms with Gasteiger partial charge in [0.2, 0.25) is 0 Å². The van der Waals surface area contributed by atoms with Gasteiger partial charge in [-0.1, -0.05) is 6.92 Å². The van der Waals surface area contributed by atoms with Crippen LogP contribution in [-0.2, 0) is 4.79 Å². The van der Waals surface area contributed by atoms with Gasteiger partial charge in [0.15, 0.2) is 0 Å². The summed E-state index contributed by atoms with van der Waals surface area (Å²) in [6.45, 7) is 7.73. The molecule has 104 valence electrons. The number of likely N-dealkylation sites (tertiary alicyclic amines) is 1. The van der Waals surface area contributed by atoms with Crippen molar-refractivity contribution in [1.29, 1.82) is 0 Å². The van der Waals surface area contributed by atoms with Gasteiger partial charge in [-0.25, -0.2) is 4.79 Å². The third-order valence-electron chi connectivity index (χ3n) is 3.75. The molecule has 0 aromatic carbocycles. The Hall–Kier alpha value is -1.26. The van der Waals surface area contributed by atoms with Crippen molar-refractivity contribution in [3.8, 4) is 0 Å². The lowest BCUT2D eigenvalue weighted by Crippen LogP contribution is -2.51. The monoisotopic (exact) mass is 256 g/mol. The van der Waals surface area contributed by atoms with Crippen LogP contribution in [0.3, 0.4) is 0 Å². The number of rotatable bonds is 4. The van der Waals surface area contributed by atoms with Gasteiger partial charge in [0.05, 0.1) is 5.92 Å². The number of nitrogens with zero attached hydrogens (tertiary/aromatic N) is 2. The average Bonchev–Trinajstić information content (AvgIpc) is 2.39. The molecule has 1 heterocycles. The molecule has 1 saturated heterocycles. The Morgan fingerprint density at radius 1 is 1.44 bits per heavy atom. The maximum absolute atomic E-state index is 12.4. The molecule has 2 atom stereocenters. The number of amides is 2. The standard InChI is InChI=1S/C13H24N2O3/c1-4-10(3)15(5-2)13(18)14-8-6-7-11(9-14)12(16)17/h10-11H,4-9H2,1-3H3,(H,16,17)/t10?,11-/m0/s1. The Labute approximate surface area is 109 Å². The number of carbonyl (C=O) groups excluding carboxylic acids is 1. The molecule has 18 heavy (non-hydrogen) atoms. The van der Waals surface area contributed by atoms with Gasteiger partial charge < -0.3 is 14.9 Å². The van der Waals surface area contributed by atoms with Crippen LogP contribution in [0.2, 0.25) is 0 Å². The minimum absolute atomic E-state index is 0.0159. The number of hydrogen-bond donors (Lipinski definition) is 1. The quantitative estimate of drug-likeness (QED) is 0.837. The molecule has 1 aliphatic rings. The Bertz CT molecular complexity index is 307. The summed E-state index contributed by atoms with van der Waals surface area (Å²) in [5, 5.41) is 9.04. The fourth-order valence-electron chi connectivity index (χ4n) is 2.39. The molecule has 0 aliphatic carbocycles. The lowest BCUT2D eigenvalue weighted by Gasteiger charge is -2.37. The highest BCUT2D eigenvalue weighted by Gasteiger charge is 2.31. The van der Waals surface area contributed by atoms with Crippen molar-refractivity contribution >= 4 is 12.0 Å². The Morgan fingerprint density at radius 3 is 2.61 bits per heavy atom. The zero-order chi connectivity index (χ0) is 13.7. The topological polar surface area (TPSA) is 60.9 Å². The molecule has 1 aliphatic heterocycles. The predicted octanol–water partition coefficient (Wildman–Crippen LogP) is 2.02. The maximum atomic E-state index is 12.4. The largest absolute Gasteiger partial charge is 0.481 e. The zero-order valence-electron chi connectivity index (χ0n) is 11.6. The molecular formula is C13H24N2O3. The first-order chi connectivity index (χ1) is 8.51. The summed E-state index contributed by atoms with van der Waals surface area (Å²) in [6.07, 6.45) is 2.37. The Kier molecular flexibility index (Phi) is 5.44. The van der Waals surface area contributed by atoms with Crippen molar-refractivity contribution in [2.75, 3.05) is 19.6 Å². The highest BCUT2D eigenvalue weighted by molar-refractivity contribution is 5.77. The van der Waals surface area contributed by atoms with Gasteiger partial charge in [0.1, 0.15) is 0 Å². The number of piperidine rings is 1. The van der Waals surface area contributed by atoms with Gasteiger partial charge in [-0.05, 0) is 33.1 Å². The van der Waals surface area contributed by atoms with Gasteiger partial charge in [-0.3, -0.25) is 4.79 Å². The first-order valence-corrected chi connectivity index (χ1v) is 6.79. The van der Waals surface area contributed by atoms with Crippen molar-refractivity contribution in [3.05, 3.63) is 0 Å². The molecule has 1 unspecified atom stereocenters. The minimum atomic E-state index is -0.793. The van der Waals surface area contributed by atoms with Crippen LogP contribution in [0.4, 0.5) is 4.79 Å². The van der Waals surface area contributed by atoms with E-state index < -0.39 is 11.9 Å². The van der Waals surface area contributed by atoms with E-state index in [1.807, 2.05) is 18.7 Å². The Balaban J connectivity index is 2.67. The lowest BCUT2D eigenvalue weighted by atomic mass is 9.98. The Morgan fingerprint density at radius 2 is 2.11 bits per heavy atom. The van der Waals surface area contributed by atoms with E-state index in [-0.39, 0.29) is 12.1 Å². The molecule has 2 amide bonds. The van der Waals surface area contributed by atoms with E-state index in [2.05, 4.69) is 6.92 Å². The van der Waals surface area contributed by atoms with Gasteiger partial charge >= 0.3 is 12.0 Å². The highest BCUT2D eigenvalue weighted by atomic mass is 16.4. The number of hydrogen-bond acceptors (Lipinski definition) is 2. The number of carbonyl (C=O) groups is 2. The molecule has 1 fully saturated rings. The van der Waals surface area contributed by atoms with Crippen LogP contribution in [0.5, 0.6) is 0 Å². The van der Waals surface area contributed by atoms with Crippen molar-refractivity contribution < 1.29 is 14.7 Å². The molecule has 0 radical (unpaired) electrons. The van der Waals surface area contributed by atoms with Crippen LogP contribution < -0.4 is 0 Å². The number of carboxylic acids is 1. The minimum Gasteiger partial charge on any atom is -0.481 e. The van der Waals surface area contributed by atoms with Crippen molar-refractivity contribution in [1.82, 2.24) is 9.80 Å². The summed E-state index contributed by atoms with van der Waals surface area (Å²) in [7, 11) is 0. The second-order valence-electron chi connectivity index (χ2n) is 4.95. The van der Waals surface area contributed by atoms with Crippen LogP contribution in [0.1, 0.15) is 40.0 Å². The molecule has 1 rings (SSSR count). The average molecular weight is 256 g/mol. The van der Waals surface area contributed by atoms with Crippen LogP contribution >= 0.6 is 0 Å². The van der Waals surface area contributed by atoms with Crippen molar-refractivity contribution in [2.24, 2.45) is 5.92 Å². The van der Waals surface area contributed by atoms with Crippen LogP contribution in [0.15, 0.2) is 0 Å². The van der Waals surface area contributed by atoms with Crippen LogP contribution in [0.25, 0.3) is 0 Å². The predicted molar refractivity (Wildman–Crippen MR) is 69.5 cm³/mol. The molecule has 0 saturated carbocycles. The number of carboxylic acid groups (broad SMARTS) is 1. The van der Waals surface area contributed by atoms with E-state index in [9.17, 15) is 9.59 Å². The first-order valence-electron chi connectivity index (χ1n) is 6.79. The fourth-order valence-corrected chi connectivity index (χ4v) is 2.39. The summed E-state index contributed by atoms with van der Waals surface area (Å²) in [4.78, 5) is 26.9. The normalized spacial score (nSPS) is 21.5. The molecule has 1 N–H and O–H groups in total. The van der Waals surface area contributed by atoms with E-state index in [1.165, 1.54) is 0 Å². The molecule has 0 aromatic rings. The SMILES string of the molecule is CCC(C)N(CC)C(=O)N1CCC[C@H](C(=O)O)C1. The van der Waals surface area contributed by atoms with Gasteiger partial charge in [0.25, 0.3) is 0 Å². The van der Waals surface area contributed by atoms with Gasteiger partial charge in [-0.15, -0.1) is 0 Å². The summed E-state index contributed by atoms with van der Waals surface area (Å²) in [5.41, 5.74) is 0. The number of urea groups is 1. The number of aliphatic carboxylic acids is 1. The van der Waals surface area contributed by atoms with Crippen molar-refractivity contribution in [3.63, 3.8) is 0 Å². The van der Waals surface area contributed by atoms with Crippen LogP contribution in [0, 0.1) is 5.92 Å². The molecule has 0 bridgehead atoms. The molecule has 0 spiro atoms. The second-order valence-corrected chi connectivity index (χ2v) is 4.95. The van der Waals surface area contributed by atoms with Crippen molar-refractivity contribution in [2.45, 2.75) is 46.1 Å². The van der Waals surface area contributed by atoms with E-state index in [0.29, 0.717) is 26.1 Å². The lowest BCUT2D eigenvalue weighted by molar-refractivity contribution is -0.143. The summed E-state index contributed by atoms with van der Waals surface area (Å²) >= 11 is 0. The molecule has 5 heteroatoms. The molecular weight excluding hydrogens is 232 g/mol. The second kappa shape index (κ2) is 6.61. The molecule has 0 aromatic heterocycles. The highest BCUT2D eigenvalue weighted by Crippen LogP contribution is 2.19.